The molecule has 3 nitrogen and oxygen atoms in total. The van der Waals surface area contributed by atoms with Crippen LogP contribution in [-0.4, -0.2) is 20.2 Å². The van der Waals surface area contributed by atoms with Crippen molar-refractivity contribution in [2.75, 3.05) is 20.2 Å². The van der Waals surface area contributed by atoms with Crippen molar-refractivity contribution in [3.8, 4) is 5.75 Å². The number of nitrogens with one attached hydrogen (secondary N) is 1. The molecule has 1 aromatic carbocycles. The molecule has 2 atom stereocenters. The van der Waals surface area contributed by atoms with Crippen molar-refractivity contribution >= 4 is 0 Å². The smallest absolute Gasteiger partial charge is 0.119 e. The van der Waals surface area contributed by atoms with E-state index in [9.17, 15) is 0 Å². The zero-order valence-corrected chi connectivity index (χ0v) is 9.78. The van der Waals surface area contributed by atoms with Gasteiger partial charge >= 0.3 is 0 Å². The van der Waals surface area contributed by atoms with Gasteiger partial charge in [-0.3, -0.25) is 0 Å². The molecular formula is C13H20N2O. The molecule has 0 aromatic heterocycles. The summed E-state index contributed by atoms with van der Waals surface area (Å²) >= 11 is 0. The number of rotatable bonds is 3. The van der Waals surface area contributed by atoms with Crippen LogP contribution < -0.4 is 15.8 Å². The van der Waals surface area contributed by atoms with Crippen LogP contribution in [0, 0.1) is 5.92 Å². The first-order valence-electron chi connectivity index (χ1n) is 5.91. The summed E-state index contributed by atoms with van der Waals surface area (Å²) in [6, 6.07) is 8.75. The van der Waals surface area contributed by atoms with Gasteiger partial charge in [-0.2, -0.15) is 0 Å². The van der Waals surface area contributed by atoms with Gasteiger partial charge in [0.1, 0.15) is 5.75 Å². The van der Waals surface area contributed by atoms with Crippen molar-refractivity contribution in [1.29, 1.82) is 0 Å². The van der Waals surface area contributed by atoms with E-state index in [-0.39, 0.29) is 0 Å². The maximum absolute atomic E-state index is 5.67. The summed E-state index contributed by atoms with van der Waals surface area (Å²) in [4.78, 5) is 0. The van der Waals surface area contributed by atoms with E-state index in [0.717, 1.165) is 25.3 Å². The number of methoxy groups -OCH3 is 1. The van der Waals surface area contributed by atoms with E-state index < -0.39 is 0 Å². The summed E-state index contributed by atoms with van der Waals surface area (Å²) in [5.74, 6) is 1.57. The zero-order valence-electron chi connectivity index (χ0n) is 9.78. The summed E-state index contributed by atoms with van der Waals surface area (Å²) in [5, 5.41) is 3.55. The molecule has 1 heterocycles. The Balaban J connectivity index is 2.02. The molecule has 2 rings (SSSR count). The number of ether oxygens (including phenoxy) is 1. The third kappa shape index (κ3) is 2.54. The summed E-state index contributed by atoms with van der Waals surface area (Å²) in [6.45, 7) is 1.82. The summed E-state index contributed by atoms with van der Waals surface area (Å²) in [7, 11) is 1.71. The van der Waals surface area contributed by atoms with E-state index in [2.05, 4.69) is 17.4 Å². The second kappa shape index (κ2) is 5.32. The third-order valence-corrected chi connectivity index (χ3v) is 3.35. The first kappa shape index (κ1) is 11.4. The molecule has 1 fully saturated rings. The number of piperidine rings is 1. The van der Waals surface area contributed by atoms with Crippen LogP contribution >= 0.6 is 0 Å². The van der Waals surface area contributed by atoms with Gasteiger partial charge in [-0.15, -0.1) is 0 Å². The van der Waals surface area contributed by atoms with Gasteiger partial charge < -0.3 is 15.8 Å². The van der Waals surface area contributed by atoms with Crippen LogP contribution in [0.4, 0.5) is 0 Å². The first-order valence-corrected chi connectivity index (χ1v) is 5.91. The van der Waals surface area contributed by atoms with Crippen molar-refractivity contribution < 1.29 is 4.74 Å². The summed E-state index contributed by atoms with van der Waals surface area (Å²) < 4.78 is 5.24. The number of nitrogens with two attached hydrogens (primary N) is 1. The van der Waals surface area contributed by atoms with Crippen molar-refractivity contribution in [1.82, 2.24) is 5.32 Å². The number of hydrogen-bond acceptors (Lipinski definition) is 3. The van der Waals surface area contributed by atoms with E-state index in [0.29, 0.717) is 12.0 Å². The zero-order chi connectivity index (χ0) is 11.4. The van der Waals surface area contributed by atoms with Crippen molar-refractivity contribution in [3.05, 3.63) is 29.8 Å². The van der Waals surface area contributed by atoms with Gasteiger partial charge in [0.05, 0.1) is 7.11 Å². The van der Waals surface area contributed by atoms with Gasteiger partial charge in [0.15, 0.2) is 0 Å². The highest BCUT2D eigenvalue weighted by molar-refractivity contribution is 5.30. The Morgan fingerprint density at radius 1 is 1.44 bits per heavy atom. The van der Waals surface area contributed by atoms with Crippen LogP contribution in [0.3, 0.4) is 0 Å². The molecule has 0 radical (unpaired) electrons. The molecule has 88 valence electrons. The first-order chi connectivity index (χ1) is 7.83. The largest absolute Gasteiger partial charge is 0.497 e. The van der Waals surface area contributed by atoms with E-state index >= 15 is 0 Å². The molecule has 1 aliphatic heterocycles. The summed E-state index contributed by atoms with van der Waals surface area (Å²) in [5.41, 5.74) is 6.99. The normalized spacial score (nSPS) is 25.4. The highest BCUT2D eigenvalue weighted by Gasteiger charge is 2.20. The van der Waals surface area contributed by atoms with Crippen molar-refractivity contribution in [3.63, 3.8) is 0 Å². The molecular weight excluding hydrogens is 200 g/mol. The predicted octanol–water partition coefficient (Wildman–Crippen LogP) is 1.69. The molecule has 3 N–H and O–H groups in total. The molecule has 1 aliphatic rings. The van der Waals surface area contributed by atoms with Gasteiger partial charge in [-0.25, -0.2) is 0 Å². The SMILES string of the molecule is COc1cccc(C2CCC(CN)CN2)c1. The van der Waals surface area contributed by atoms with Crippen LogP contribution in [-0.2, 0) is 0 Å². The molecule has 0 saturated carbocycles. The van der Waals surface area contributed by atoms with Gasteiger partial charge in [0.2, 0.25) is 0 Å². The van der Waals surface area contributed by atoms with Crippen LogP contribution in [0.25, 0.3) is 0 Å². The van der Waals surface area contributed by atoms with Crippen LogP contribution in [0.2, 0.25) is 0 Å². The van der Waals surface area contributed by atoms with E-state index in [1.54, 1.807) is 7.11 Å². The molecule has 0 bridgehead atoms. The van der Waals surface area contributed by atoms with Gasteiger partial charge in [0, 0.05) is 6.04 Å². The minimum atomic E-state index is 0.456. The highest BCUT2D eigenvalue weighted by Crippen LogP contribution is 2.27. The Labute approximate surface area is 97.0 Å². The van der Waals surface area contributed by atoms with Crippen molar-refractivity contribution in [2.45, 2.75) is 18.9 Å². The fourth-order valence-electron chi connectivity index (χ4n) is 2.26. The van der Waals surface area contributed by atoms with Gasteiger partial charge in [0.25, 0.3) is 0 Å². The Hall–Kier alpha value is -1.06. The average molecular weight is 220 g/mol. The molecule has 0 amide bonds. The fourth-order valence-corrected chi connectivity index (χ4v) is 2.26. The second-order valence-electron chi connectivity index (χ2n) is 4.42. The monoisotopic (exact) mass is 220 g/mol. The maximum atomic E-state index is 5.67. The van der Waals surface area contributed by atoms with E-state index in [1.165, 1.54) is 12.0 Å². The minimum Gasteiger partial charge on any atom is -0.497 e. The van der Waals surface area contributed by atoms with Crippen LogP contribution in [0.5, 0.6) is 5.75 Å². The topological polar surface area (TPSA) is 47.3 Å². The van der Waals surface area contributed by atoms with Crippen LogP contribution in [0.15, 0.2) is 24.3 Å². The Morgan fingerprint density at radius 2 is 2.31 bits per heavy atom. The number of hydrogen-bond donors (Lipinski definition) is 2. The lowest BCUT2D eigenvalue weighted by atomic mass is 9.91. The number of benzene rings is 1. The fraction of sp³-hybridized carbons (Fsp3) is 0.538. The van der Waals surface area contributed by atoms with Gasteiger partial charge in [-0.05, 0) is 49.5 Å². The molecule has 0 aliphatic carbocycles. The quantitative estimate of drug-likeness (QED) is 0.815. The second-order valence-corrected chi connectivity index (χ2v) is 4.42. The molecule has 2 unspecified atom stereocenters. The Bertz CT molecular complexity index is 332. The highest BCUT2D eigenvalue weighted by atomic mass is 16.5. The standard InChI is InChI=1S/C13H20N2O/c1-16-12-4-2-3-11(7-12)13-6-5-10(8-14)9-15-13/h2-4,7,10,13,15H,5-6,8-9,14H2,1H3. The molecule has 1 saturated heterocycles. The van der Waals surface area contributed by atoms with Crippen molar-refractivity contribution in [2.24, 2.45) is 11.7 Å². The maximum Gasteiger partial charge on any atom is 0.119 e. The minimum absolute atomic E-state index is 0.456. The third-order valence-electron chi connectivity index (χ3n) is 3.35. The molecule has 0 spiro atoms. The molecule has 1 aromatic rings. The van der Waals surface area contributed by atoms with E-state index in [1.807, 2.05) is 12.1 Å². The lowest BCUT2D eigenvalue weighted by molar-refractivity contribution is 0.319. The Kier molecular flexibility index (Phi) is 3.80. The van der Waals surface area contributed by atoms with Gasteiger partial charge in [-0.1, -0.05) is 12.1 Å². The Morgan fingerprint density at radius 3 is 2.94 bits per heavy atom. The lowest BCUT2D eigenvalue weighted by Gasteiger charge is -2.29. The molecule has 3 heteroatoms. The molecule has 16 heavy (non-hydrogen) atoms. The lowest BCUT2D eigenvalue weighted by Crippen LogP contribution is -2.36. The van der Waals surface area contributed by atoms with E-state index in [4.69, 9.17) is 10.5 Å². The summed E-state index contributed by atoms with van der Waals surface area (Å²) in [6.07, 6.45) is 2.38. The predicted molar refractivity (Wildman–Crippen MR) is 65.5 cm³/mol. The van der Waals surface area contributed by atoms with Crippen LogP contribution in [0.1, 0.15) is 24.4 Å². The average Bonchev–Trinajstić information content (AvgIpc) is 2.39.